The zero-order valence-electron chi connectivity index (χ0n) is 14.9. The molecule has 4 rings (SSSR count). The van der Waals surface area contributed by atoms with Gasteiger partial charge in [-0.1, -0.05) is 35.9 Å². The van der Waals surface area contributed by atoms with Crippen molar-refractivity contribution in [1.82, 2.24) is 14.5 Å². The molecule has 1 aromatic carbocycles. The van der Waals surface area contributed by atoms with E-state index in [0.29, 0.717) is 30.4 Å². The van der Waals surface area contributed by atoms with Crippen molar-refractivity contribution in [2.24, 2.45) is 0 Å². The second-order valence-corrected chi connectivity index (χ2v) is 9.58. The largest absolute Gasteiger partial charge is 0.352 e. The molecular weight excluding hydrogens is 380 g/mol. The summed E-state index contributed by atoms with van der Waals surface area (Å²) in [4.78, 5) is 2.08. The predicted molar refractivity (Wildman–Crippen MR) is 107 cm³/mol. The van der Waals surface area contributed by atoms with Crippen molar-refractivity contribution in [3.05, 3.63) is 59.5 Å². The summed E-state index contributed by atoms with van der Waals surface area (Å²) < 4.78 is 27.2. The van der Waals surface area contributed by atoms with Crippen molar-refractivity contribution in [2.75, 3.05) is 31.1 Å². The fraction of sp³-hybridized carbons (Fsp3) is 0.263. The van der Waals surface area contributed by atoms with E-state index < -0.39 is 10.0 Å². The lowest BCUT2D eigenvalue weighted by Crippen LogP contribution is -2.48. The number of anilines is 1. The van der Waals surface area contributed by atoms with Crippen molar-refractivity contribution in [3.63, 3.8) is 0 Å². The number of piperazine rings is 1. The van der Waals surface area contributed by atoms with Crippen molar-refractivity contribution in [3.8, 4) is 11.3 Å². The van der Waals surface area contributed by atoms with Crippen LogP contribution in [0.5, 0.6) is 0 Å². The minimum atomic E-state index is -3.38. The summed E-state index contributed by atoms with van der Waals surface area (Å²) in [6.45, 7) is 4.15. The number of nitrogens with zero attached hydrogens (tertiary/aromatic N) is 4. The molecular formula is C19H20N4O2S2. The molecule has 0 bridgehead atoms. The first-order valence-corrected chi connectivity index (χ1v) is 11.1. The maximum atomic E-state index is 12.6. The Morgan fingerprint density at radius 1 is 0.926 bits per heavy atom. The number of rotatable bonds is 4. The van der Waals surface area contributed by atoms with Gasteiger partial charge < -0.3 is 4.90 Å². The van der Waals surface area contributed by atoms with Crippen LogP contribution in [0.4, 0.5) is 5.82 Å². The second kappa shape index (κ2) is 7.38. The number of thiophene rings is 1. The highest BCUT2D eigenvalue weighted by atomic mass is 32.2. The molecule has 0 radical (unpaired) electrons. The lowest BCUT2D eigenvalue weighted by atomic mass is 10.1. The van der Waals surface area contributed by atoms with Gasteiger partial charge in [0.15, 0.2) is 5.82 Å². The van der Waals surface area contributed by atoms with E-state index in [1.54, 1.807) is 21.8 Å². The first-order valence-electron chi connectivity index (χ1n) is 8.73. The molecule has 2 aromatic heterocycles. The maximum absolute atomic E-state index is 12.6. The van der Waals surface area contributed by atoms with Gasteiger partial charge in [-0.25, -0.2) is 8.42 Å². The van der Waals surface area contributed by atoms with E-state index in [2.05, 4.69) is 34.2 Å². The molecule has 1 aliphatic heterocycles. The van der Waals surface area contributed by atoms with E-state index in [1.807, 2.05) is 24.3 Å². The summed E-state index contributed by atoms with van der Waals surface area (Å²) in [7, 11) is -3.38. The quantitative estimate of drug-likeness (QED) is 0.673. The number of aromatic nitrogens is 2. The van der Waals surface area contributed by atoms with Gasteiger partial charge in [0.25, 0.3) is 10.0 Å². The highest BCUT2D eigenvalue weighted by Gasteiger charge is 2.29. The van der Waals surface area contributed by atoms with Crippen LogP contribution in [0.3, 0.4) is 0 Å². The van der Waals surface area contributed by atoms with Crippen LogP contribution < -0.4 is 4.90 Å². The smallest absolute Gasteiger partial charge is 0.252 e. The van der Waals surface area contributed by atoms with E-state index in [-0.39, 0.29) is 0 Å². The third kappa shape index (κ3) is 3.73. The van der Waals surface area contributed by atoms with E-state index in [1.165, 1.54) is 16.9 Å². The maximum Gasteiger partial charge on any atom is 0.252 e. The van der Waals surface area contributed by atoms with Crippen LogP contribution in [0.25, 0.3) is 11.3 Å². The normalized spacial score (nSPS) is 15.8. The Balaban J connectivity index is 1.43. The van der Waals surface area contributed by atoms with Crippen LogP contribution in [-0.4, -0.2) is 49.1 Å². The average Bonchev–Trinajstić information content (AvgIpc) is 3.25. The summed E-state index contributed by atoms with van der Waals surface area (Å²) in [5.74, 6) is 0.777. The molecule has 27 heavy (non-hydrogen) atoms. The number of hydrogen-bond donors (Lipinski definition) is 0. The van der Waals surface area contributed by atoms with Crippen molar-refractivity contribution >= 4 is 27.2 Å². The Morgan fingerprint density at radius 2 is 1.67 bits per heavy atom. The molecule has 3 heterocycles. The van der Waals surface area contributed by atoms with Gasteiger partial charge in [0.1, 0.15) is 4.21 Å². The van der Waals surface area contributed by atoms with Crippen molar-refractivity contribution < 1.29 is 8.42 Å². The van der Waals surface area contributed by atoms with Gasteiger partial charge in [-0.2, -0.15) is 4.31 Å². The summed E-state index contributed by atoms with van der Waals surface area (Å²) in [5, 5.41) is 10.5. The highest BCUT2D eigenvalue weighted by molar-refractivity contribution is 7.91. The van der Waals surface area contributed by atoms with Crippen molar-refractivity contribution in [1.29, 1.82) is 0 Å². The molecule has 1 aliphatic rings. The minimum absolute atomic E-state index is 0.401. The highest BCUT2D eigenvalue weighted by Crippen LogP contribution is 2.24. The molecule has 0 atom stereocenters. The molecule has 1 fully saturated rings. The monoisotopic (exact) mass is 400 g/mol. The van der Waals surface area contributed by atoms with Gasteiger partial charge in [-0.05, 0) is 30.5 Å². The molecule has 0 N–H and O–H groups in total. The summed E-state index contributed by atoms with van der Waals surface area (Å²) in [6, 6.07) is 15.5. The summed E-state index contributed by atoms with van der Waals surface area (Å²) in [6.07, 6.45) is 0. The fourth-order valence-corrected chi connectivity index (χ4v) is 5.63. The van der Waals surface area contributed by atoms with E-state index in [9.17, 15) is 8.42 Å². The molecule has 1 saturated heterocycles. The zero-order valence-corrected chi connectivity index (χ0v) is 16.6. The molecule has 0 unspecified atom stereocenters. The molecule has 8 heteroatoms. The van der Waals surface area contributed by atoms with Crippen LogP contribution in [0, 0.1) is 6.92 Å². The van der Waals surface area contributed by atoms with E-state index in [4.69, 9.17) is 0 Å². The lowest BCUT2D eigenvalue weighted by Gasteiger charge is -2.34. The lowest BCUT2D eigenvalue weighted by molar-refractivity contribution is 0.384. The molecule has 0 saturated carbocycles. The van der Waals surface area contributed by atoms with E-state index >= 15 is 0 Å². The first-order chi connectivity index (χ1) is 13.0. The van der Waals surface area contributed by atoms with Crippen LogP contribution in [0.15, 0.2) is 58.1 Å². The molecule has 0 spiro atoms. The Hall–Kier alpha value is -2.29. The number of hydrogen-bond acceptors (Lipinski definition) is 6. The second-order valence-electron chi connectivity index (χ2n) is 6.47. The Labute approximate surface area is 163 Å². The third-order valence-electron chi connectivity index (χ3n) is 4.65. The molecule has 6 nitrogen and oxygen atoms in total. The first kappa shape index (κ1) is 18.1. The Bertz CT molecular complexity index is 993. The van der Waals surface area contributed by atoms with Gasteiger partial charge in [-0.15, -0.1) is 21.5 Å². The summed E-state index contributed by atoms with van der Waals surface area (Å²) in [5.41, 5.74) is 3.07. The van der Waals surface area contributed by atoms with Crippen LogP contribution >= 0.6 is 11.3 Å². The minimum Gasteiger partial charge on any atom is -0.352 e. The third-order valence-corrected chi connectivity index (χ3v) is 7.92. The Morgan fingerprint density at radius 3 is 2.26 bits per heavy atom. The van der Waals surface area contributed by atoms with Crippen LogP contribution in [-0.2, 0) is 10.0 Å². The van der Waals surface area contributed by atoms with Crippen molar-refractivity contribution in [2.45, 2.75) is 11.1 Å². The Kier molecular flexibility index (Phi) is 4.94. The van der Waals surface area contributed by atoms with Gasteiger partial charge in [-0.3, -0.25) is 0 Å². The molecule has 0 amide bonds. The topological polar surface area (TPSA) is 66.4 Å². The standard InChI is InChI=1S/C19H20N4O2S2/c1-15-4-6-16(7-5-15)17-8-9-18(21-20-17)22-10-12-23(13-11-22)27(24,25)19-3-2-14-26-19/h2-9,14H,10-13H2,1H3. The SMILES string of the molecule is Cc1ccc(-c2ccc(N3CCN(S(=O)(=O)c4cccs4)CC3)nn2)cc1. The predicted octanol–water partition coefficient (Wildman–Crippen LogP) is 3.02. The van der Waals surface area contributed by atoms with Crippen LogP contribution in [0.2, 0.25) is 0 Å². The molecule has 3 aromatic rings. The number of aryl methyl sites for hydroxylation is 1. The van der Waals surface area contributed by atoms with Gasteiger partial charge in [0, 0.05) is 31.7 Å². The number of sulfonamides is 1. The van der Waals surface area contributed by atoms with Gasteiger partial charge in [0.2, 0.25) is 0 Å². The van der Waals surface area contributed by atoms with Gasteiger partial charge >= 0.3 is 0 Å². The fourth-order valence-electron chi connectivity index (χ4n) is 3.07. The van der Waals surface area contributed by atoms with E-state index in [0.717, 1.165) is 17.1 Å². The molecule has 0 aliphatic carbocycles. The molecule has 140 valence electrons. The summed E-state index contributed by atoms with van der Waals surface area (Å²) >= 11 is 1.26. The average molecular weight is 401 g/mol. The van der Waals surface area contributed by atoms with Gasteiger partial charge in [0.05, 0.1) is 5.69 Å². The number of benzene rings is 1. The van der Waals surface area contributed by atoms with Crippen LogP contribution in [0.1, 0.15) is 5.56 Å². The zero-order chi connectivity index (χ0) is 18.9.